The van der Waals surface area contributed by atoms with Crippen molar-refractivity contribution in [2.45, 2.75) is 32.8 Å². The molecule has 0 aliphatic rings. The van der Waals surface area contributed by atoms with Gasteiger partial charge in [0.15, 0.2) is 9.84 Å². The third kappa shape index (κ3) is 5.61. The van der Waals surface area contributed by atoms with Gasteiger partial charge in [-0.1, -0.05) is 26.0 Å². The minimum Gasteiger partial charge on any atom is -0.493 e. The van der Waals surface area contributed by atoms with E-state index in [-0.39, 0.29) is 18.1 Å². The van der Waals surface area contributed by atoms with Gasteiger partial charge in [0.1, 0.15) is 12.4 Å². The average molecular weight is 286 g/mol. The molecule has 0 saturated carbocycles. The van der Waals surface area contributed by atoms with Crippen LogP contribution in [0.5, 0.6) is 5.75 Å². The van der Waals surface area contributed by atoms with Crippen LogP contribution in [0.4, 0.5) is 0 Å². The Morgan fingerprint density at radius 3 is 2.32 bits per heavy atom. The van der Waals surface area contributed by atoms with Crippen LogP contribution in [0.2, 0.25) is 0 Å². The largest absolute Gasteiger partial charge is 0.493 e. The van der Waals surface area contributed by atoms with Gasteiger partial charge in [-0.3, -0.25) is 0 Å². The molecular formula is C14H22O4S. The fourth-order valence-electron chi connectivity index (χ4n) is 1.72. The zero-order valence-corrected chi connectivity index (χ0v) is 12.3. The molecule has 0 aromatic heterocycles. The van der Waals surface area contributed by atoms with Crippen molar-refractivity contribution in [3.05, 3.63) is 29.8 Å². The highest BCUT2D eigenvalue weighted by molar-refractivity contribution is 7.91. The normalized spacial score (nSPS) is 13.2. The summed E-state index contributed by atoms with van der Waals surface area (Å²) in [7, 11) is -2.99. The Morgan fingerprint density at radius 2 is 1.79 bits per heavy atom. The van der Waals surface area contributed by atoms with Gasteiger partial charge in [0.2, 0.25) is 0 Å². The van der Waals surface area contributed by atoms with Gasteiger partial charge in [0, 0.05) is 0 Å². The van der Waals surface area contributed by atoms with E-state index in [2.05, 4.69) is 0 Å². The lowest BCUT2D eigenvalue weighted by molar-refractivity contribution is 0.173. The number of rotatable bonds is 8. The second-order valence-corrected chi connectivity index (χ2v) is 6.80. The van der Waals surface area contributed by atoms with Crippen molar-refractivity contribution in [1.82, 2.24) is 0 Å². The van der Waals surface area contributed by atoms with Crippen LogP contribution in [0.3, 0.4) is 0 Å². The zero-order chi connectivity index (χ0) is 14.3. The Morgan fingerprint density at radius 1 is 1.16 bits per heavy atom. The first-order valence-corrected chi connectivity index (χ1v) is 8.42. The third-order valence-electron chi connectivity index (χ3n) is 2.83. The molecule has 0 aliphatic heterocycles. The van der Waals surface area contributed by atoms with Crippen LogP contribution in [0, 0.1) is 0 Å². The maximum atomic E-state index is 11.5. The second kappa shape index (κ2) is 7.50. The summed E-state index contributed by atoms with van der Waals surface area (Å²) >= 11 is 0. The van der Waals surface area contributed by atoms with Crippen molar-refractivity contribution < 1.29 is 18.3 Å². The molecule has 1 aromatic carbocycles. The van der Waals surface area contributed by atoms with Crippen LogP contribution in [0.25, 0.3) is 0 Å². The Labute approximate surface area is 115 Å². The molecule has 5 heteroatoms. The molecule has 0 fully saturated rings. The summed E-state index contributed by atoms with van der Waals surface area (Å²) in [6.45, 7) is 3.92. The van der Waals surface area contributed by atoms with Crippen LogP contribution >= 0.6 is 0 Å². The van der Waals surface area contributed by atoms with E-state index in [1.54, 1.807) is 24.3 Å². The van der Waals surface area contributed by atoms with Crippen LogP contribution in [0.15, 0.2) is 24.3 Å². The van der Waals surface area contributed by atoms with Crippen molar-refractivity contribution >= 4 is 9.84 Å². The van der Waals surface area contributed by atoms with Gasteiger partial charge in [0.05, 0.1) is 17.6 Å². The summed E-state index contributed by atoms with van der Waals surface area (Å²) in [5.41, 5.74) is 0.841. The summed E-state index contributed by atoms with van der Waals surface area (Å²) in [6, 6.07) is 7.09. The topological polar surface area (TPSA) is 63.6 Å². The molecule has 1 N–H and O–H groups in total. The second-order valence-electron chi connectivity index (χ2n) is 4.49. The highest BCUT2D eigenvalue weighted by Crippen LogP contribution is 2.19. The van der Waals surface area contributed by atoms with E-state index in [0.29, 0.717) is 18.6 Å². The number of sulfone groups is 1. The Bertz CT molecular complexity index is 465. The van der Waals surface area contributed by atoms with Crippen molar-refractivity contribution in [2.24, 2.45) is 0 Å². The SMILES string of the molecule is CCCS(=O)(=O)CCOc1ccc(C(O)CC)cc1. The lowest BCUT2D eigenvalue weighted by atomic mass is 10.1. The maximum absolute atomic E-state index is 11.5. The van der Waals surface area contributed by atoms with Crippen LogP contribution in [-0.4, -0.2) is 31.6 Å². The van der Waals surface area contributed by atoms with Gasteiger partial charge in [-0.05, 0) is 30.5 Å². The smallest absolute Gasteiger partial charge is 0.153 e. The predicted octanol–water partition coefficient (Wildman–Crippen LogP) is 2.33. The molecule has 0 spiro atoms. The first kappa shape index (κ1) is 16.0. The molecular weight excluding hydrogens is 264 g/mol. The van der Waals surface area contributed by atoms with Gasteiger partial charge in [-0.2, -0.15) is 0 Å². The fourth-order valence-corrected chi connectivity index (χ4v) is 2.88. The highest BCUT2D eigenvalue weighted by Gasteiger charge is 2.09. The van der Waals surface area contributed by atoms with Gasteiger partial charge in [-0.15, -0.1) is 0 Å². The van der Waals surface area contributed by atoms with Crippen molar-refractivity contribution in [2.75, 3.05) is 18.1 Å². The van der Waals surface area contributed by atoms with Crippen LogP contribution in [-0.2, 0) is 9.84 Å². The standard InChI is InChI=1S/C14H22O4S/c1-3-10-19(16,17)11-9-18-13-7-5-12(6-8-13)14(15)4-2/h5-8,14-15H,3-4,9-11H2,1-2H3. The van der Waals surface area contributed by atoms with Crippen molar-refractivity contribution in [1.29, 1.82) is 0 Å². The van der Waals surface area contributed by atoms with Crippen molar-refractivity contribution in [3.63, 3.8) is 0 Å². The van der Waals surface area contributed by atoms with Gasteiger partial charge in [0.25, 0.3) is 0 Å². The van der Waals surface area contributed by atoms with E-state index in [4.69, 9.17) is 4.74 Å². The van der Waals surface area contributed by atoms with Gasteiger partial charge >= 0.3 is 0 Å². The van der Waals surface area contributed by atoms with E-state index >= 15 is 0 Å². The van der Waals surface area contributed by atoms with E-state index < -0.39 is 15.9 Å². The van der Waals surface area contributed by atoms with E-state index in [1.165, 1.54) is 0 Å². The molecule has 0 radical (unpaired) electrons. The number of benzene rings is 1. The summed E-state index contributed by atoms with van der Waals surface area (Å²) in [4.78, 5) is 0. The molecule has 0 amide bonds. The Kier molecular flexibility index (Phi) is 6.31. The molecule has 1 rings (SSSR count). The maximum Gasteiger partial charge on any atom is 0.153 e. The lowest BCUT2D eigenvalue weighted by Crippen LogP contribution is -2.16. The van der Waals surface area contributed by atoms with Crippen LogP contribution in [0.1, 0.15) is 38.4 Å². The molecule has 4 nitrogen and oxygen atoms in total. The third-order valence-corrected chi connectivity index (χ3v) is 4.65. The van der Waals surface area contributed by atoms with Gasteiger partial charge in [-0.25, -0.2) is 8.42 Å². The number of aliphatic hydroxyl groups excluding tert-OH is 1. The summed E-state index contributed by atoms with van der Waals surface area (Å²) in [5.74, 6) is 0.872. The Hall–Kier alpha value is -1.07. The number of hydrogen-bond acceptors (Lipinski definition) is 4. The molecule has 0 heterocycles. The number of ether oxygens (including phenoxy) is 1. The quantitative estimate of drug-likeness (QED) is 0.796. The van der Waals surface area contributed by atoms with Crippen molar-refractivity contribution in [3.8, 4) is 5.75 Å². The first-order valence-electron chi connectivity index (χ1n) is 6.59. The fraction of sp³-hybridized carbons (Fsp3) is 0.571. The summed E-state index contributed by atoms with van der Waals surface area (Å²) in [5, 5.41) is 9.64. The average Bonchev–Trinajstić information content (AvgIpc) is 2.38. The molecule has 1 atom stereocenters. The minimum absolute atomic E-state index is 0.0418. The minimum atomic E-state index is -2.99. The van der Waals surface area contributed by atoms with Crippen LogP contribution < -0.4 is 4.74 Å². The van der Waals surface area contributed by atoms with E-state index in [1.807, 2.05) is 13.8 Å². The first-order chi connectivity index (χ1) is 8.98. The molecule has 0 saturated heterocycles. The molecule has 0 bridgehead atoms. The summed E-state index contributed by atoms with van der Waals surface area (Å²) < 4.78 is 28.4. The molecule has 1 unspecified atom stereocenters. The Balaban J connectivity index is 2.46. The highest BCUT2D eigenvalue weighted by atomic mass is 32.2. The van der Waals surface area contributed by atoms with E-state index in [0.717, 1.165) is 5.56 Å². The zero-order valence-electron chi connectivity index (χ0n) is 11.5. The monoisotopic (exact) mass is 286 g/mol. The molecule has 0 aliphatic carbocycles. The molecule has 108 valence electrons. The molecule has 1 aromatic rings. The van der Waals surface area contributed by atoms with E-state index in [9.17, 15) is 13.5 Å². The molecule has 19 heavy (non-hydrogen) atoms. The summed E-state index contributed by atoms with van der Waals surface area (Å²) in [6.07, 6.45) is 0.834. The number of hydrogen-bond donors (Lipinski definition) is 1. The lowest BCUT2D eigenvalue weighted by Gasteiger charge is -2.10. The predicted molar refractivity (Wildman–Crippen MR) is 76.1 cm³/mol. The van der Waals surface area contributed by atoms with Gasteiger partial charge < -0.3 is 9.84 Å². The number of aliphatic hydroxyl groups is 1.